The summed E-state index contributed by atoms with van der Waals surface area (Å²) in [7, 11) is 0. The Labute approximate surface area is 134 Å². The fraction of sp³-hybridized carbons (Fsp3) is 0.706. The molecule has 0 spiro atoms. The van der Waals surface area contributed by atoms with Crippen LogP contribution in [0.3, 0.4) is 0 Å². The number of pyridine rings is 1. The molecule has 120 valence electrons. The van der Waals surface area contributed by atoms with Crippen molar-refractivity contribution in [2.24, 2.45) is 0 Å². The van der Waals surface area contributed by atoms with Crippen molar-refractivity contribution in [3.8, 4) is 5.75 Å². The van der Waals surface area contributed by atoms with Crippen LogP contribution in [-0.4, -0.2) is 28.6 Å². The highest BCUT2D eigenvalue weighted by Gasteiger charge is 2.17. The first-order valence-electron chi connectivity index (χ1n) is 7.91. The van der Waals surface area contributed by atoms with E-state index in [1.165, 1.54) is 5.56 Å². The summed E-state index contributed by atoms with van der Waals surface area (Å²) in [6.45, 7) is 12.8. The van der Waals surface area contributed by atoms with Gasteiger partial charge in [-0.2, -0.15) is 11.8 Å². The number of hydrogen-bond donors (Lipinski definition) is 1. The zero-order valence-electron chi connectivity index (χ0n) is 14.1. The van der Waals surface area contributed by atoms with E-state index in [1.807, 2.05) is 18.0 Å². The summed E-state index contributed by atoms with van der Waals surface area (Å²) < 4.78 is 5.97. The fourth-order valence-electron chi connectivity index (χ4n) is 1.85. The average molecular weight is 311 g/mol. The molecule has 0 aliphatic carbocycles. The van der Waals surface area contributed by atoms with Crippen LogP contribution in [0.2, 0.25) is 0 Å². The van der Waals surface area contributed by atoms with Crippen LogP contribution in [-0.2, 0) is 0 Å². The predicted molar refractivity (Wildman–Crippen MR) is 93.3 cm³/mol. The molecule has 0 aliphatic heterocycles. The Bertz CT molecular complexity index is 404. The molecule has 1 atom stereocenters. The molecule has 1 aromatic rings. The second kappa shape index (κ2) is 9.31. The van der Waals surface area contributed by atoms with E-state index in [0.29, 0.717) is 6.04 Å². The molecule has 4 heteroatoms. The second-order valence-electron chi connectivity index (χ2n) is 6.23. The van der Waals surface area contributed by atoms with Gasteiger partial charge in [-0.3, -0.25) is 4.98 Å². The van der Waals surface area contributed by atoms with Crippen molar-refractivity contribution >= 4 is 11.8 Å². The Balaban J connectivity index is 2.76. The minimum atomic E-state index is 0.274. The maximum atomic E-state index is 5.70. The Morgan fingerprint density at radius 2 is 2.00 bits per heavy atom. The molecule has 3 nitrogen and oxygen atoms in total. The highest BCUT2D eigenvalue weighted by Crippen LogP contribution is 2.29. The van der Waals surface area contributed by atoms with Gasteiger partial charge in [0.1, 0.15) is 5.75 Å². The van der Waals surface area contributed by atoms with Gasteiger partial charge in [0.15, 0.2) is 0 Å². The Morgan fingerprint density at radius 1 is 1.24 bits per heavy atom. The van der Waals surface area contributed by atoms with Crippen LogP contribution in [0.15, 0.2) is 18.5 Å². The molecule has 21 heavy (non-hydrogen) atoms. The van der Waals surface area contributed by atoms with Gasteiger partial charge in [0.2, 0.25) is 0 Å². The van der Waals surface area contributed by atoms with Crippen molar-refractivity contribution in [3.05, 3.63) is 24.0 Å². The van der Waals surface area contributed by atoms with E-state index in [-0.39, 0.29) is 4.75 Å². The lowest BCUT2D eigenvalue weighted by Gasteiger charge is -2.24. The topological polar surface area (TPSA) is 34.2 Å². The minimum absolute atomic E-state index is 0.274. The van der Waals surface area contributed by atoms with Gasteiger partial charge >= 0.3 is 0 Å². The molecule has 0 saturated heterocycles. The van der Waals surface area contributed by atoms with E-state index in [0.717, 1.165) is 37.5 Å². The van der Waals surface area contributed by atoms with Crippen LogP contribution in [0.25, 0.3) is 0 Å². The zero-order chi connectivity index (χ0) is 15.7. The largest absolute Gasteiger partial charge is 0.492 e. The van der Waals surface area contributed by atoms with Crippen LogP contribution < -0.4 is 10.1 Å². The molecule has 0 aromatic carbocycles. The molecule has 1 aromatic heterocycles. The highest BCUT2D eigenvalue weighted by atomic mass is 32.2. The van der Waals surface area contributed by atoms with Crippen molar-refractivity contribution in [1.82, 2.24) is 10.3 Å². The number of ether oxygens (including phenoxy) is 1. The first kappa shape index (κ1) is 18.3. The number of rotatable bonds is 9. The van der Waals surface area contributed by atoms with Crippen molar-refractivity contribution in [3.63, 3.8) is 0 Å². The number of nitrogens with one attached hydrogen (secondary N) is 1. The van der Waals surface area contributed by atoms with E-state index < -0.39 is 0 Å². The van der Waals surface area contributed by atoms with Gasteiger partial charge in [0, 0.05) is 22.7 Å². The molecule has 1 N–H and O–H groups in total. The third kappa shape index (κ3) is 7.72. The second-order valence-corrected chi connectivity index (χ2v) is 8.08. The maximum absolute atomic E-state index is 5.70. The van der Waals surface area contributed by atoms with E-state index in [2.05, 4.69) is 51.0 Å². The van der Waals surface area contributed by atoms with E-state index in [1.54, 1.807) is 6.20 Å². The lowest BCUT2D eigenvalue weighted by molar-refractivity contribution is 0.315. The molecular formula is C17H30N2OS. The van der Waals surface area contributed by atoms with Gasteiger partial charge in [-0.25, -0.2) is 0 Å². The van der Waals surface area contributed by atoms with Crippen LogP contribution in [0, 0.1) is 0 Å². The number of hydrogen-bond acceptors (Lipinski definition) is 4. The summed E-state index contributed by atoms with van der Waals surface area (Å²) in [6, 6.07) is 2.45. The Kier molecular flexibility index (Phi) is 8.12. The number of nitrogens with zero attached hydrogens (tertiary/aromatic N) is 1. The van der Waals surface area contributed by atoms with Crippen molar-refractivity contribution in [2.75, 3.05) is 18.9 Å². The van der Waals surface area contributed by atoms with Gasteiger partial charge in [0.05, 0.1) is 12.8 Å². The van der Waals surface area contributed by atoms with Crippen molar-refractivity contribution in [1.29, 1.82) is 0 Å². The third-order valence-corrected chi connectivity index (χ3v) is 4.30. The van der Waals surface area contributed by atoms with Gasteiger partial charge in [-0.1, -0.05) is 34.6 Å². The molecule has 0 aliphatic rings. The monoisotopic (exact) mass is 310 g/mol. The first-order chi connectivity index (χ1) is 9.96. The molecule has 0 amide bonds. The smallest absolute Gasteiger partial charge is 0.137 e. The maximum Gasteiger partial charge on any atom is 0.137 e. The number of thioether (sulfide) groups is 1. The zero-order valence-corrected chi connectivity index (χ0v) is 14.9. The van der Waals surface area contributed by atoms with Crippen molar-refractivity contribution < 1.29 is 4.74 Å². The molecule has 1 unspecified atom stereocenters. The quantitative estimate of drug-likeness (QED) is 0.731. The number of aromatic nitrogens is 1. The minimum Gasteiger partial charge on any atom is -0.492 e. The van der Waals surface area contributed by atoms with Gasteiger partial charge < -0.3 is 10.1 Å². The normalized spacial score (nSPS) is 13.2. The predicted octanol–water partition coefficient (Wildman–Crippen LogP) is 4.44. The summed E-state index contributed by atoms with van der Waals surface area (Å²) in [5.41, 5.74) is 1.22. The summed E-state index contributed by atoms with van der Waals surface area (Å²) in [5.74, 6) is 1.92. The molecule has 0 fully saturated rings. The van der Waals surface area contributed by atoms with Gasteiger partial charge in [-0.15, -0.1) is 0 Å². The van der Waals surface area contributed by atoms with E-state index in [9.17, 15) is 0 Å². The van der Waals surface area contributed by atoms with E-state index in [4.69, 9.17) is 4.74 Å². The summed E-state index contributed by atoms with van der Waals surface area (Å²) >= 11 is 1.98. The van der Waals surface area contributed by atoms with Crippen LogP contribution in [0.5, 0.6) is 5.75 Å². The standard InChI is InChI=1S/C17H30N2OS/c1-6-8-19-16(13-21-17(3,4)5)14-10-15(12-18-11-14)20-9-7-2/h10-12,16,19H,6-9,13H2,1-5H3. The van der Waals surface area contributed by atoms with Gasteiger partial charge in [-0.05, 0) is 31.0 Å². The lowest BCUT2D eigenvalue weighted by Crippen LogP contribution is -2.26. The molecule has 1 rings (SSSR count). The third-order valence-electron chi connectivity index (χ3n) is 2.93. The Hall–Kier alpha value is -0.740. The summed E-state index contributed by atoms with van der Waals surface area (Å²) in [4.78, 5) is 4.34. The van der Waals surface area contributed by atoms with E-state index >= 15 is 0 Å². The summed E-state index contributed by atoms with van der Waals surface area (Å²) in [5, 5.41) is 3.63. The molecule has 1 heterocycles. The SMILES string of the molecule is CCCNC(CSC(C)(C)C)c1cncc(OCCC)c1. The fourth-order valence-corrected chi connectivity index (χ4v) is 2.83. The molecular weight excluding hydrogens is 280 g/mol. The van der Waals surface area contributed by atoms with Crippen LogP contribution in [0.4, 0.5) is 0 Å². The molecule has 0 saturated carbocycles. The van der Waals surface area contributed by atoms with Crippen LogP contribution >= 0.6 is 11.8 Å². The highest BCUT2D eigenvalue weighted by molar-refractivity contribution is 8.00. The van der Waals surface area contributed by atoms with Gasteiger partial charge in [0.25, 0.3) is 0 Å². The summed E-state index contributed by atoms with van der Waals surface area (Å²) in [6.07, 6.45) is 5.90. The van der Waals surface area contributed by atoms with Crippen LogP contribution in [0.1, 0.15) is 59.1 Å². The molecule has 0 radical (unpaired) electrons. The first-order valence-corrected chi connectivity index (χ1v) is 8.90. The molecule has 0 bridgehead atoms. The van der Waals surface area contributed by atoms with Crippen molar-refractivity contribution in [2.45, 2.75) is 58.2 Å². The Morgan fingerprint density at radius 3 is 2.62 bits per heavy atom. The average Bonchev–Trinajstić information content (AvgIpc) is 2.44. The lowest BCUT2D eigenvalue weighted by atomic mass is 10.1.